The molecule has 0 aliphatic carbocycles. The van der Waals surface area contributed by atoms with Gasteiger partial charge in [0.1, 0.15) is 0 Å². The average molecular weight is 264 g/mol. The Morgan fingerprint density at radius 3 is 2.95 bits per heavy atom. The van der Waals surface area contributed by atoms with Gasteiger partial charge < -0.3 is 10.2 Å². The molecule has 2 heterocycles. The van der Waals surface area contributed by atoms with Crippen LogP contribution in [0.5, 0.6) is 0 Å². The highest BCUT2D eigenvalue weighted by molar-refractivity contribution is 5.00. The Labute approximate surface area is 117 Å². The van der Waals surface area contributed by atoms with Gasteiger partial charge >= 0.3 is 0 Å². The lowest BCUT2D eigenvalue weighted by molar-refractivity contribution is 0.172. The lowest BCUT2D eigenvalue weighted by atomic mass is 9.98. The number of hydrogen-bond donors (Lipinski definition) is 1. The Hall–Kier alpha value is -0.870. The van der Waals surface area contributed by atoms with E-state index in [1.165, 1.54) is 38.2 Å². The highest BCUT2D eigenvalue weighted by atomic mass is 15.3. The molecule has 1 N–H and O–H groups in total. The van der Waals surface area contributed by atoms with E-state index in [0.29, 0.717) is 6.04 Å². The molecule has 19 heavy (non-hydrogen) atoms. The van der Waals surface area contributed by atoms with E-state index in [0.717, 1.165) is 18.9 Å². The van der Waals surface area contributed by atoms with Gasteiger partial charge in [0.2, 0.25) is 0 Å². The minimum atomic E-state index is 0.621. The van der Waals surface area contributed by atoms with Crippen molar-refractivity contribution in [3.8, 4) is 0 Å². The molecule has 4 nitrogen and oxygen atoms in total. The van der Waals surface area contributed by atoms with Crippen molar-refractivity contribution >= 4 is 0 Å². The van der Waals surface area contributed by atoms with Gasteiger partial charge in [0.25, 0.3) is 0 Å². The van der Waals surface area contributed by atoms with E-state index < -0.39 is 0 Å². The van der Waals surface area contributed by atoms with Crippen LogP contribution in [0.15, 0.2) is 12.3 Å². The Morgan fingerprint density at radius 1 is 1.53 bits per heavy atom. The first-order valence-corrected chi connectivity index (χ1v) is 7.58. The number of aryl methyl sites for hydroxylation is 1. The van der Waals surface area contributed by atoms with Crippen LogP contribution >= 0.6 is 0 Å². The van der Waals surface area contributed by atoms with Crippen LogP contribution in [0.4, 0.5) is 0 Å². The fraction of sp³-hybridized carbons (Fsp3) is 0.800. The summed E-state index contributed by atoms with van der Waals surface area (Å²) in [6.45, 7) is 9.36. The summed E-state index contributed by atoms with van der Waals surface area (Å²) in [6, 6.07) is 2.75. The second-order valence-corrected chi connectivity index (χ2v) is 6.00. The highest BCUT2D eigenvalue weighted by Crippen LogP contribution is 2.14. The molecule has 0 saturated carbocycles. The van der Waals surface area contributed by atoms with Crippen LogP contribution in [-0.2, 0) is 13.5 Å². The van der Waals surface area contributed by atoms with Gasteiger partial charge in [-0.2, -0.15) is 5.10 Å². The topological polar surface area (TPSA) is 33.1 Å². The maximum absolute atomic E-state index is 4.24. The quantitative estimate of drug-likeness (QED) is 0.848. The van der Waals surface area contributed by atoms with Crippen molar-refractivity contribution in [3.63, 3.8) is 0 Å². The summed E-state index contributed by atoms with van der Waals surface area (Å²) in [5.41, 5.74) is 1.33. The fourth-order valence-corrected chi connectivity index (χ4v) is 2.88. The van der Waals surface area contributed by atoms with Gasteiger partial charge in [0, 0.05) is 44.5 Å². The number of piperidine rings is 1. The second-order valence-electron chi connectivity index (χ2n) is 6.00. The van der Waals surface area contributed by atoms with Gasteiger partial charge in [-0.3, -0.25) is 4.68 Å². The molecule has 0 aromatic carbocycles. The monoisotopic (exact) mass is 264 g/mol. The fourth-order valence-electron chi connectivity index (χ4n) is 2.88. The molecule has 1 saturated heterocycles. The Kier molecular flexibility index (Phi) is 5.40. The predicted octanol–water partition coefficient (Wildman–Crippen LogP) is 1.67. The third-order valence-corrected chi connectivity index (χ3v) is 4.20. The van der Waals surface area contributed by atoms with Crippen LogP contribution in [0.3, 0.4) is 0 Å². The molecule has 0 radical (unpaired) electrons. The van der Waals surface area contributed by atoms with Crippen molar-refractivity contribution in [2.24, 2.45) is 13.0 Å². The first kappa shape index (κ1) is 14.5. The molecule has 1 aromatic rings. The molecule has 0 bridgehead atoms. The molecular weight excluding hydrogens is 236 g/mol. The number of hydrogen-bond acceptors (Lipinski definition) is 3. The largest absolute Gasteiger partial charge is 0.316 e. The SMILES string of the molecule is CC(C)N(CCc1ccnn1C)CC1CCCNC1. The zero-order valence-corrected chi connectivity index (χ0v) is 12.6. The van der Waals surface area contributed by atoms with Gasteiger partial charge in [-0.05, 0) is 51.8 Å². The van der Waals surface area contributed by atoms with Crippen LogP contribution < -0.4 is 5.32 Å². The van der Waals surface area contributed by atoms with Gasteiger partial charge in [-0.1, -0.05) is 0 Å². The maximum atomic E-state index is 4.24. The van der Waals surface area contributed by atoms with E-state index in [4.69, 9.17) is 0 Å². The van der Waals surface area contributed by atoms with Gasteiger partial charge in [0.15, 0.2) is 0 Å². The number of rotatable bonds is 6. The molecule has 0 amide bonds. The van der Waals surface area contributed by atoms with Crippen molar-refractivity contribution in [2.45, 2.75) is 39.2 Å². The smallest absolute Gasteiger partial charge is 0.0492 e. The summed E-state index contributed by atoms with van der Waals surface area (Å²) in [7, 11) is 2.03. The zero-order valence-electron chi connectivity index (χ0n) is 12.6. The van der Waals surface area contributed by atoms with Gasteiger partial charge in [0.05, 0.1) is 0 Å². The molecule has 1 unspecified atom stereocenters. The summed E-state index contributed by atoms with van der Waals surface area (Å²) in [5, 5.41) is 7.76. The summed E-state index contributed by atoms with van der Waals surface area (Å²) in [6.07, 6.45) is 5.69. The first-order valence-electron chi connectivity index (χ1n) is 7.58. The molecule has 1 fully saturated rings. The van der Waals surface area contributed by atoms with Crippen LogP contribution in [-0.4, -0.2) is 46.9 Å². The van der Waals surface area contributed by atoms with Gasteiger partial charge in [-0.25, -0.2) is 0 Å². The van der Waals surface area contributed by atoms with E-state index in [2.05, 4.69) is 35.2 Å². The third-order valence-electron chi connectivity index (χ3n) is 4.20. The Morgan fingerprint density at radius 2 is 2.37 bits per heavy atom. The standard InChI is InChI=1S/C15H28N4/c1-13(2)19(12-14-5-4-8-16-11-14)10-7-15-6-9-17-18(15)3/h6,9,13-14,16H,4-5,7-8,10-12H2,1-3H3. The minimum Gasteiger partial charge on any atom is -0.316 e. The average Bonchev–Trinajstić information content (AvgIpc) is 2.81. The molecule has 4 heteroatoms. The molecule has 1 atom stereocenters. The maximum Gasteiger partial charge on any atom is 0.0492 e. The van der Waals surface area contributed by atoms with Crippen molar-refractivity contribution < 1.29 is 0 Å². The molecular formula is C15H28N4. The normalized spacial score (nSPS) is 20.4. The van der Waals surface area contributed by atoms with Crippen molar-refractivity contribution in [2.75, 3.05) is 26.2 Å². The highest BCUT2D eigenvalue weighted by Gasteiger charge is 2.18. The zero-order chi connectivity index (χ0) is 13.7. The Bertz CT molecular complexity index is 366. The van der Waals surface area contributed by atoms with Crippen molar-refractivity contribution in [1.29, 1.82) is 0 Å². The van der Waals surface area contributed by atoms with Crippen LogP contribution in [0.25, 0.3) is 0 Å². The van der Waals surface area contributed by atoms with Crippen LogP contribution in [0.2, 0.25) is 0 Å². The molecule has 2 rings (SSSR count). The van der Waals surface area contributed by atoms with Crippen LogP contribution in [0, 0.1) is 5.92 Å². The van der Waals surface area contributed by atoms with E-state index in [1.54, 1.807) is 0 Å². The Balaban J connectivity index is 1.83. The van der Waals surface area contributed by atoms with Gasteiger partial charge in [-0.15, -0.1) is 0 Å². The number of nitrogens with one attached hydrogen (secondary N) is 1. The lowest BCUT2D eigenvalue weighted by Crippen LogP contribution is -2.42. The molecule has 0 spiro atoms. The second kappa shape index (κ2) is 7.06. The molecule has 1 aliphatic rings. The molecule has 1 aliphatic heterocycles. The van der Waals surface area contributed by atoms with E-state index in [1.807, 2.05) is 17.9 Å². The summed E-state index contributed by atoms with van der Waals surface area (Å²) in [4.78, 5) is 2.62. The number of aromatic nitrogens is 2. The molecule has 1 aromatic heterocycles. The van der Waals surface area contributed by atoms with Crippen molar-refractivity contribution in [1.82, 2.24) is 20.0 Å². The first-order chi connectivity index (χ1) is 9.16. The minimum absolute atomic E-state index is 0.621. The summed E-state index contributed by atoms with van der Waals surface area (Å²) in [5.74, 6) is 0.822. The van der Waals surface area contributed by atoms with Crippen LogP contribution in [0.1, 0.15) is 32.4 Å². The predicted molar refractivity (Wildman–Crippen MR) is 79.2 cm³/mol. The van der Waals surface area contributed by atoms with E-state index in [-0.39, 0.29) is 0 Å². The number of nitrogens with zero attached hydrogens (tertiary/aromatic N) is 3. The van der Waals surface area contributed by atoms with Crippen molar-refractivity contribution in [3.05, 3.63) is 18.0 Å². The third kappa shape index (κ3) is 4.32. The molecule has 108 valence electrons. The summed E-state index contributed by atoms with van der Waals surface area (Å²) >= 11 is 0. The van der Waals surface area contributed by atoms with E-state index >= 15 is 0 Å². The summed E-state index contributed by atoms with van der Waals surface area (Å²) < 4.78 is 1.99. The lowest BCUT2D eigenvalue weighted by Gasteiger charge is -2.32. The van der Waals surface area contributed by atoms with E-state index in [9.17, 15) is 0 Å².